The van der Waals surface area contributed by atoms with Crippen LogP contribution in [0.5, 0.6) is 0 Å². The summed E-state index contributed by atoms with van der Waals surface area (Å²) in [5, 5.41) is 6.77. The predicted molar refractivity (Wildman–Crippen MR) is 72.6 cm³/mol. The van der Waals surface area contributed by atoms with Crippen LogP contribution in [0.1, 0.15) is 22.6 Å². The first-order valence-corrected chi connectivity index (χ1v) is 7.24. The number of ether oxygens (including phenoxy) is 1. The van der Waals surface area contributed by atoms with Crippen molar-refractivity contribution in [2.75, 3.05) is 26.2 Å². The summed E-state index contributed by atoms with van der Waals surface area (Å²) < 4.78 is 5.83. The van der Waals surface area contributed by atoms with Gasteiger partial charge in [-0.3, -0.25) is 0 Å². The molecule has 0 aliphatic carbocycles. The van der Waals surface area contributed by atoms with Gasteiger partial charge < -0.3 is 15.4 Å². The van der Waals surface area contributed by atoms with Gasteiger partial charge in [0.1, 0.15) is 0 Å². The molecule has 0 atom stereocenters. The molecule has 1 aromatic rings. The molecule has 0 unspecified atom stereocenters. The molecule has 0 saturated carbocycles. The van der Waals surface area contributed by atoms with E-state index in [1.54, 1.807) is 0 Å². The SMILES string of the molecule is Cc1ccc(CNCCOC2CCNCC2)s1. The lowest BCUT2D eigenvalue weighted by Crippen LogP contribution is -2.33. The molecule has 0 radical (unpaired) electrons. The third-order valence-corrected chi connectivity index (χ3v) is 4.01. The van der Waals surface area contributed by atoms with E-state index < -0.39 is 0 Å². The van der Waals surface area contributed by atoms with Crippen molar-refractivity contribution in [1.29, 1.82) is 0 Å². The first-order valence-electron chi connectivity index (χ1n) is 6.43. The Balaban J connectivity index is 1.51. The van der Waals surface area contributed by atoms with Crippen molar-refractivity contribution in [2.24, 2.45) is 0 Å². The second kappa shape index (κ2) is 7.11. The van der Waals surface area contributed by atoms with Gasteiger partial charge in [0.25, 0.3) is 0 Å². The molecule has 1 saturated heterocycles. The van der Waals surface area contributed by atoms with E-state index in [-0.39, 0.29) is 0 Å². The summed E-state index contributed by atoms with van der Waals surface area (Å²) in [5.74, 6) is 0. The second-order valence-corrected chi connectivity index (χ2v) is 5.88. The van der Waals surface area contributed by atoms with Crippen molar-refractivity contribution in [3.63, 3.8) is 0 Å². The van der Waals surface area contributed by atoms with Crippen LogP contribution in [0.15, 0.2) is 12.1 Å². The predicted octanol–water partition coefficient (Wildman–Crippen LogP) is 1.91. The third kappa shape index (κ3) is 4.76. The highest BCUT2D eigenvalue weighted by Gasteiger charge is 2.12. The quantitative estimate of drug-likeness (QED) is 0.761. The number of nitrogens with one attached hydrogen (secondary N) is 2. The van der Waals surface area contributed by atoms with Crippen LogP contribution < -0.4 is 10.6 Å². The highest BCUT2D eigenvalue weighted by atomic mass is 32.1. The van der Waals surface area contributed by atoms with Gasteiger partial charge in [0.2, 0.25) is 0 Å². The maximum Gasteiger partial charge on any atom is 0.0600 e. The van der Waals surface area contributed by atoms with E-state index in [1.165, 1.54) is 9.75 Å². The normalized spacial score (nSPS) is 17.5. The highest BCUT2D eigenvalue weighted by Crippen LogP contribution is 2.14. The first kappa shape index (κ1) is 13.0. The Bertz CT molecular complexity index is 321. The van der Waals surface area contributed by atoms with Gasteiger partial charge in [0.05, 0.1) is 12.7 Å². The van der Waals surface area contributed by atoms with Crippen molar-refractivity contribution in [3.8, 4) is 0 Å². The number of aryl methyl sites for hydroxylation is 1. The smallest absolute Gasteiger partial charge is 0.0600 e. The van der Waals surface area contributed by atoms with Crippen LogP contribution in [0.3, 0.4) is 0 Å². The van der Waals surface area contributed by atoms with E-state index in [2.05, 4.69) is 29.7 Å². The molecule has 2 N–H and O–H groups in total. The lowest BCUT2D eigenvalue weighted by molar-refractivity contribution is 0.0348. The number of hydrogen-bond acceptors (Lipinski definition) is 4. The Kier molecular flexibility index (Phi) is 5.45. The Hall–Kier alpha value is -0.420. The first-order chi connectivity index (χ1) is 8.34. The molecule has 4 heteroatoms. The molecule has 0 amide bonds. The highest BCUT2D eigenvalue weighted by molar-refractivity contribution is 7.11. The zero-order valence-electron chi connectivity index (χ0n) is 10.5. The van der Waals surface area contributed by atoms with E-state index in [0.717, 1.165) is 45.6 Å². The standard InChI is InChI=1S/C13H22N2OS/c1-11-2-3-13(17-11)10-15-8-9-16-12-4-6-14-7-5-12/h2-3,12,14-15H,4-10H2,1H3. The number of rotatable bonds is 6. The van der Waals surface area contributed by atoms with Crippen LogP contribution in [0, 0.1) is 6.92 Å². The van der Waals surface area contributed by atoms with Crippen LogP contribution in [-0.4, -0.2) is 32.3 Å². The fourth-order valence-electron chi connectivity index (χ4n) is 2.05. The molecule has 2 heterocycles. The summed E-state index contributed by atoms with van der Waals surface area (Å²) in [6.07, 6.45) is 2.79. The molecule has 1 aliphatic heterocycles. The minimum atomic E-state index is 0.474. The van der Waals surface area contributed by atoms with Gasteiger partial charge in [0.15, 0.2) is 0 Å². The molecule has 0 bridgehead atoms. The molecule has 3 nitrogen and oxygen atoms in total. The van der Waals surface area contributed by atoms with Gasteiger partial charge in [-0.15, -0.1) is 11.3 Å². The average Bonchev–Trinajstić information content (AvgIpc) is 2.76. The van der Waals surface area contributed by atoms with Gasteiger partial charge in [0, 0.05) is 22.8 Å². The monoisotopic (exact) mass is 254 g/mol. The molecule has 0 aromatic carbocycles. The molecule has 96 valence electrons. The van der Waals surface area contributed by atoms with Crippen molar-refractivity contribution in [2.45, 2.75) is 32.4 Å². The molecule has 1 aliphatic rings. The molecule has 17 heavy (non-hydrogen) atoms. The summed E-state index contributed by atoms with van der Waals surface area (Å²) in [5.41, 5.74) is 0. The number of hydrogen-bond donors (Lipinski definition) is 2. The number of thiophene rings is 1. The van der Waals surface area contributed by atoms with Crippen LogP contribution >= 0.6 is 11.3 Å². The van der Waals surface area contributed by atoms with Gasteiger partial charge in [-0.05, 0) is 45.0 Å². The van der Waals surface area contributed by atoms with E-state index in [9.17, 15) is 0 Å². The van der Waals surface area contributed by atoms with Gasteiger partial charge >= 0.3 is 0 Å². The minimum Gasteiger partial charge on any atom is -0.377 e. The van der Waals surface area contributed by atoms with E-state index >= 15 is 0 Å². The maximum atomic E-state index is 5.83. The summed E-state index contributed by atoms with van der Waals surface area (Å²) in [6, 6.07) is 4.37. The summed E-state index contributed by atoms with van der Waals surface area (Å²) in [6.45, 7) is 7.09. The fraction of sp³-hybridized carbons (Fsp3) is 0.692. The van der Waals surface area contributed by atoms with Crippen molar-refractivity contribution in [3.05, 3.63) is 21.9 Å². The van der Waals surface area contributed by atoms with Crippen molar-refractivity contribution < 1.29 is 4.74 Å². The van der Waals surface area contributed by atoms with Gasteiger partial charge in [-0.1, -0.05) is 0 Å². The van der Waals surface area contributed by atoms with Crippen LogP contribution in [-0.2, 0) is 11.3 Å². The average molecular weight is 254 g/mol. The summed E-state index contributed by atoms with van der Waals surface area (Å²) in [4.78, 5) is 2.79. The lowest BCUT2D eigenvalue weighted by atomic mass is 10.1. The summed E-state index contributed by atoms with van der Waals surface area (Å²) in [7, 11) is 0. The van der Waals surface area contributed by atoms with E-state index in [0.29, 0.717) is 6.10 Å². The van der Waals surface area contributed by atoms with Crippen LogP contribution in [0.4, 0.5) is 0 Å². The number of piperidine rings is 1. The third-order valence-electron chi connectivity index (χ3n) is 3.01. The van der Waals surface area contributed by atoms with Gasteiger partial charge in [-0.2, -0.15) is 0 Å². The zero-order chi connectivity index (χ0) is 11.9. The van der Waals surface area contributed by atoms with Crippen molar-refractivity contribution >= 4 is 11.3 Å². The lowest BCUT2D eigenvalue weighted by Gasteiger charge is -2.22. The van der Waals surface area contributed by atoms with Crippen LogP contribution in [0.25, 0.3) is 0 Å². The molecular weight excluding hydrogens is 232 g/mol. The Morgan fingerprint density at radius 2 is 2.24 bits per heavy atom. The largest absolute Gasteiger partial charge is 0.377 e. The van der Waals surface area contributed by atoms with E-state index in [4.69, 9.17) is 4.74 Å². The maximum absolute atomic E-state index is 5.83. The molecule has 2 rings (SSSR count). The molecular formula is C13H22N2OS. The van der Waals surface area contributed by atoms with Gasteiger partial charge in [-0.25, -0.2) is 0 Å². The molecule has 0 spiro atoms. The Labute approximate surface area is 108 Å². The van der Waals surface area contributed by atoms with Crippen LogP contribution in [0.2, 0.25) is 0 Å². The Morgan fingerprint density at radius 1 is 1.41 bits per heavy atom. The summed E-state index contributed by atoms with van der Waals surface area (Å²) >= 11 is 1.86. The minimum absolute atomic E-state index is 0.474. The second-order valence-electron chi connectivity index (χ2n) is 4.51. The zero-order valence-corrected chi connectivity index (χ0v) is 11.3. The molecule has 1 aromatic heterocycles. The molecule has 1 fully saturated rings. The van der Waals surface area contributed by atoms with Crippen molar-refractivity contribution in [1.82, 2.24) is 10.6 Å². The topological polar surface area (TPSA) is 33.3 Å². The Morgan fingerprint density at radius 3 is 2.94 bits per heavy atom. The fourth-order valence-corrected chi connectivity index (χ4v) is 2.91. The van der Waals surface area contributed by atoms with E-state index in [1.807, 2.05) is 11.3 Å².